The predicted octanol–water partition coefficient (Wildman–Crippen LogP) is 1.79. The molecule has 1 rings (SSSR count). The van der Waals surface area contributed by atoms with Crippen LogP contribution in [0.3, 0.4) is 0 Å². The summed E-state index contributed by atoms with van der Waals surface area (Å²) in [4.78, 5) is 0. The van der Waals surface area contributed by atoms with Crippen LogP contribution in [0.4, 0.5) is 0 Å². The second-order valence-corrected chi connectivity index (χ2v) is 4.94. The third kappa shape index (κ3) is 1.80. The average Bonchev–Trinajstić information content (AvgIpc) is 1.90. The molecule has 0 saturated carbocycles. The van der Waals surface area contributed by atoms with Crippen molar-refractivity contribution in [3.8, 4) is 0 Å². The molecule has 0 atom stereocenters. The van der Waals surface area contributed by atoms with Crippen LogP contribution in [0.1, 0.15) is 0 Å². The Balaban J connectivity index is 2.85. The molecule has 0 amide bonds. The molecule has 1 aromatic carbocycles. The van der Waals surface area contributed by atoms with Gasteiger partial charge in [-0.3, -0.25) is 0 Å². The Hall–Kier alpha value is -0.350. The van der Waals surface area contributed by atoms with E-state index in [-0.39, 0.29) is 7.92 Å². The monoisotopic (exact) mass is 139 g/mol. The number of benzene rings is 1. The molecule has 0 aliphatic heterocycles. The summed E-state index contributed by atoms with van der Waals surface area (Å²) >= 11 is 0. The average molecular weight is 139 g/mol. The molecule has 0 nitrogen and oxygen atoms in total. The van der Waals surface area contributed by atoms with Gasteiger partial charge in [0, 0.05) is 7.92 Å². The summed E-state index contributed by atoms with van der Waals surface area (Å²) in [5.74, 6) is 0. The Labute approximate surface area is 57.7 Å². The Kier molecular flexibility index (Phi) is 2.24. The van der Waals surface area contributed by atoms with Crippen molar-refractivity contribution in [2.75, 3.05) is 13.3 Å². The summed E-state index contributed by atoms with van der Waals surface area (Å²) in [6.45, 7) is 4.61. The molecule has 0 unspecified atom stereocenters. The second kappa shape index (κ2) is 2.98. The van der Waals surface area contributed by atoms with Gasteiger partial charge < -0.3 is 0 Å². The van der Waals surface area contributed by atoms with Gasteiger partial charge in [-0.25, -0.2) is 0 Å². The minimum absolute atomic E-state index is 0.212. The third-order valence-electron chi connectivity index (χ3n) is 1.35. The van der Waals surface area contributed by atoms with E-state index in [1.165, 1.54) is 5.30 Å². The lowest BCUT2D eigenvalue weighted by Crippen LogP contribution is -1.95. The maximum absolute atomic E-state index is 2.31. The quantitative estimate of drug-likeness (QED) is 0.520. The Morgan fingerprint density at radius 3 is 1.89 bits per heavy atom. The number of hydrogen-bond acceptors (Lipinski definition) is 0. The zero-order valence-corrected chi connectivity index (χ0v) is 6.89. The van der Waals surface area contributed by atoms with E-state index in [1.807, 2.05) is 0 Å². The SMILES string of the molecule is C[PH+](C)c1ccccc1. The maximum atomic E-state index is 2.31. The maximum Gasteiger partial charge on any atom is 0.0908 e. The molecule has 0 heterocycles. The van der Waals surface area contributed by atoms with Crippen molar-refractivity contribution in [1.29, 1.82) is 0 Å². The molecule has 1 aromatic rings. The van der Waals surface area contributed by atoms with E-state index < -0.39 is 0 Å². The molecular formula is C8H12P+. The van der Waals surface area contributed by atoms with Crippen LogP contribution in [-0.2, 0) is 0 Å². The summed E-state index contributed by atoms with van der Waals surface area (Å²) in [7, 11) is -0.212. The van der Waals surface area contributed by atoms with Crippen LogP contribution in [0.5, 0.6) is 0 Å². The van der Waals surface area contributed by atoms with Crippen molar-refractivity contribution in [1.82, 2.24) is 0 Å². The summed E-state index contributed by atoms with van der Waals surface area (Å²) in [5, 5.41) is 1.52. The molecule has 0 fully saturated rings. The van der Waals surface area contributed by atoms with Crippen molar-refractivity contribution < 1.29 is 0 Å². The van der Waals surface area contributed by atoms with Gasteiger partial charge in [0.05, 0.1) is 18.6 Å². The molecule has 0 aliphatic carbocycles. The third-order valence-corrected chi connectivity index (χ3v) is 2.84. The lowest BCUT2D eigenvalue weighted by molar-refractivity contribution is 1.77. The minimum Gasteiger partial charge on any atom is -0.0620 e. The molecule has 0 N–H and O–H groups in total. The Morgan fingerprint density at radius 2 is 1.56 bits per heavy atom. The summed E-state index contributed by atoms with van der Waals surface area (Å²) in [6.07, 6.45) is 0. The topological polar surface area (TPSA) is 0 Å². The van der Waals surface area contributed by atoms with Crippen molar-refractivity contribution in [2.45, 2.75) is 0 Å². The standard InChI is InChI=1S/C8H11P/c1-9(2)8-6-4-3-5-7-8/h3-7H,1-2H3/p+1. The first-order valence-corrected chi connectivity index (χ1v) is 5.66. The van der Waals surface area contributed by atoms with E-state index in [4.69, 9.17) is 0 Å². The van der Waals surface area contributed by atoms with Gasteiger partial charge in [0.1, 0.15) is 0 Å². The zero-order valence-electron chi connectivity index (χ0n) is 5.89. The predicted molar refractivity (Wildman–Crippen MR) is 46.2 cm³/mol. The van der Waals surface area contributed by atoms with Gasteiger partial charge in [-0.2, -0.15) is 0 Å². The van der Waals surface area contributed by atoms with E-state index in [1.54, 1.807) is 0 Å². The molecule has 0 aliphatic rings. The fraction of sp³-hybridized carbons (Fsp3) is 0.250. The van der Waals surface area contributed by atoms with E-state index in [9.17, 15) is 0 Å². The normalized spacial score (nSPS) is 10.1. The van der Waals surface area contributed by atoms with Gasteiger partial charge in [-0.1, -0.05) is 18.2 Å². The van der Waals surface area contributed by atoms with Gasteiger partial charge in [-0.15, -0.1) is 0 Å². The number of rotatable bonds is 1. The van der Waals surface area contributed by atoms with Crippen molar-refractivity contribution in [3.63, 3.8) is 0 Å². The zero-order chi connectivity index (χ0) is 6.69. The van der Waals surface area contributed by atoms with Crippen molar-refractivity contribution in [2.24, 2.45) is 0 Å². The molecule has 1 heteroatoms. The molecule has 0 aromatic heterocycles. The Morgan fingerprint density at radius 1 is 1.00 bits per heavy atom. The van der Waals surface area contributed by atoms with Crippen LogP contribution in [-0.4, -0.2) is 13.3 Å². The van der Waals surface area contributed by atoms with Gasteiger partial charge >= 0.3 is 0 Å². The molecule has 48 valence electrons. The first kappa shape index (κ1) is 6.77. The first-order chi connectivity index (χ1) is 4.30. The van der Waals surface area contributed by atoms with Crippen LogP contribution in [0.15, 0.2) is 30.3 Å². The fourth-order valence-electron chi connectivity index (χ4n) is 0.771. The highest BCUT2D eigenvalue weighted by Crippen LogP contribution is 2.22. The lowest BCUT2D eigenvalue weighted by atomic mass is 10.4. The highest BCUT2D eigenvalue weighted by Gasteiger charge is 2.01. The number of hydrogen-bond donors (Lipinski definition) is 0. The molecular weight excluding hydrogens is 127 g/mol. The van der Waals surface area contributed by atoms with Gasteiger partial charge in [0.2, 0.25) is 0 Å². The second-order valence-electron chi connectivity index (χ2n) is 2.37. The fourth-order valence-corrected chi connectivity index (χ4v) is 1.63. The summed E-state index contributed by atoms with van der Waals surface area (Å²) < 4.78 is 0. The van der Waals surface area contributed by atoms with Crippen LogP contribution >= 0.6 is 7.92 Å². The van der Waals surface area contributed by atoms with Gasteiger partial charge in [0.15, 0.2) is 0 Å². The summed E-state index contributed by atoms with van der Waals surface area (Å²) in [5.41, 5.74) is 0. The lowest BCUT2D eigenvalue weighted by Gasteiger charge is -1.94. The van der Waals surface area contributed by atoms with Gasteiger partial charge in [-0.05, 0) is 12.1 Å². The molecule has 9 heavy (non-hydrogen) atoms. The van der Waals surface area contributed by atoms with Crippen molar-refractivity contribution in [3.05, 3.63) is 30.3 Å². The van der Waals surface area contributed by atoms with E-state index in [0.717, 1.165) is 0 Å². The van der Waals surface area contributed by atoms with Gasteiger partial charge in [0.25, 0.3) is 0 Å². The molecule has 0 radical (unpaired) electrons. The highest BCUT2D eigenvalue weighted by atomic mass is 31.1. The van der Waals surface area contributed by atoms with E-state index in [2.05, 4.69) is 43.7 Å². The van der Waals surface area contributed by atoms with Crippen LogP contribution in [0, 0.1) is 0 Å². The largest absolute Gasteiger partial charge is 0.0908 e. The first-order valence-electron chi connectivity index (χ1n) is 3.16. The van der Waals surface area contributed by atoms with E-state index >= 15 is 0 Å². The summed E-state index contributed by atoms with van der Waals surface area (Å²) in [6, 6.07) is 10.7. The minimum atomic E-state index is -0.212. The van der Waals surface area contributed by atoms with Crippen LogP contribution < -0.4 is 5.30 Å². The van der Waals surface area contributed by atoms with Crippen LogP contribution in [0.25, 0.3) is 0 Å². The van der Waals surface area contributed by atoms with E-state index in [0.29, 0.717) is 0 Å². The molecule has 0 saturated heterocycles. The highest BCUT2D eigenvalue weighted by molar-refractivity contribution is 7.64. The Bertz CT molecular complexity index is 167. The molecule has 0 bridgehead atoms. The molecule has 0 spiro atoms. The van der Waals surface area contributed by atoms with Crippen LogP contribution in [0.2, 0.25) is 0 Å². The smallest absolute Gasteiger partial charge is 0.0620 e. The van der Waals surface area contributed by atoms with Crippen molar-refractivity contribution >= 4 is 13.2 Å².